The molecule has 5 heteroatoms. The Bertz CT molecular complexity index is 734. The highest BCUT2D eigenvalue weighted by Crippen LogP contribution is 2.22. The number of hydrogen-bond acceptors (Lipinski definition) is 2. The van der Waals surface area contributed by atoms with E-state index in [0.717, 1.165) is 22.1 Å². The minimum atomic E-state index is 0.555. The van der Waals surface area contributed by atoms with Crippen LogP contribution in [0.4, 0.5) is 5.95 Å². The SMILES string of the molecule is Nc1nc2cc(I)ccc2n1Cc1ccc(Br)cc1. The number of nitrogens with zero attached hydrogens (tertiary/aromatic N) is 2. The van der Waals surface area contributed by atoms with Crippen LogP contribution in [0.1, 0.15) is 5.56 Å². The van der Waals surface area contributed by atoms with E-state index in [2.05, 4.69) is 67.8 Å². The Hall–Kier alpha value is -1.08. The molecule has 0 aliphatic rings. The minimum Gasteiger partial charge on any atom is -0.369 e. The van der Waals surface area contributed by atoms with Crippen LogP contribution in [0.2, 0.25) is 0 Å². The van der Waals surface area contributed by atoms with Gasteiger partial charge in [0.05, 0.1) is 17.6 Å². The maximum Gasteiger partial charge on any atom is 0.201 e. The quantitative estimate of drug-likeness (QED) is 0.627. The Morgan fingerprint density at radius 3 is 2.63 bits per heavy atom. The van der Waals surface area contributed by atoms with Gasteiger partial charge < -0.3 is 10.3 Å². The predicted molar refractivity (Wildman–Crippen MR) is 90.1 cm³/mol. The average Bonchev–Trinajstić information content (AvgIpc) is 2.68. The van der Waals surface area contributed by atoms with E-state index < -0.39 is 0 Å². The third-order valence-electron chi connectivity index (χ3n) is 2.99. The fraction of sp³-hybridized carbons (Fsp3) is 0.0714. The third kappa shape index (κ3) is 2.62. The molecule has 0 fully saturated rings. The van der Waals surface area contributed by atoms with Crippen molar-refractivity contribution < 1.29 is 0 Å². The van der Waals surface area contributed by atoms with Gasteiger partial charge >= 0.3 is 0 Å². The standard InChI is InChI=1S/C14H11BrIN3/c15-10-3-1-9(2-4-10)8-19-13-6-5-11(16)7-12(13)18-14(19)17/h1-7H,8H2,(H2,17,18). The molecule has 0 aliphatic carbocycles. The van der Waals surface area contributed by atoms with Gasteiger partial charge in [-0.2, -0.15) is 0 Å². The maximum absolute atomic E-state index is 6.02. The van der Waals surface area contributed by atoms with E-state index in [0.29, 0.717) is 5.95 Å². The van der Waals surface area contributed by atoms with E-state index in [1.807, 2.05) is 22.8 Å². The molecule has 1 aromatic heterocycles. The first-order chi connectivity index (χ1) is 9.13. The Balaban J connectivity index is 2.05. The number of halogens is 2. The summed E-state index contributed by atoms with van der Waals surface area (Å²) in [5.41, 5.74) is 9.24. The van der Waals surface area contributed by atoms with Gasteiger partial charge in [0.2, 0.25) is 5.95 Å². The summed E-state index contributed by atoms with van der Waals surface area (Å²) < 4.78 is 4.28. The summed E-state index contributed by atoms with van der Waals surface area (Å²) in [6, 6.07) is 14.4. The van der Waals surface area contributed by atoms with Gasteiger partial charge in [-0.1, -0.05) is 28.1 Å². The Morgan fingerprint density at radius 1 is 1.16 bits per heavy atom. The fourth-order valence-electron chi connectivity index (χ4n) is 2.06. The molecule has 0 unspecified atom stereocenters. The molecule has 3 nitrogen and oxygen atoms in total. The Kier molecular flexibility index (Phi) is 3.49. The Morgan fingerprint density at radius 2 is 1.89 bits per heavy atom. The van der Waals surface area contributed by atoms with Gasteiger partial charge in [-0.25, -0.2) is 4.98 Å². The van der Waals surface area contributed by atoms with E-state index in [-0.39, 0.29) is 0 Å². The van der Waals surface area contributed by atoms with E-state index in [9.17, 15) is 0 Å². The van der Waals surface area contributed by atoms with E-state index in [1.54, 1.807) is 0 Å². The monoisotopic (exact) mass is 427 g/mol. The lowest BCUT2D eigenvalue weighted by atomic mass is 10.2. The van der Waals surface area contributed by atoms with Crippen molar-refractivity contribution in [1.29, 1.82) is 0 Å². The second kappa shape index (κ2) is 5.13. The second-order valence-electron chi connectivity index (χ2n) is 4.32. The molecule has 3 rings (SSSR count). The number of nitrogen functional groups attached to an aromatic ring is 1. The first-order valence-corrected chi connectivity index (χ1v) is 7.66. The lowest BCUT2D eigenvalue weighted by Gasteiger charge is -2.07. The van der Waals surface area contributed by atoms with Gasteiger partial charge in [-0.3, -0.25) is 0 Å². The van der Waals surface area contributed by atoms with Crippen molar-refractivity contribution in [2.24, 2.45) is 0 Å². The number of aromatic nitrogens is 2. The van der Waals surface area contributed by atoms with E-state index in [1.165, 1.54) is 9.13 Å². The average molecular weight is 428 g/mol. The summed E-state index contributed by atoms with van der Waals surface area (Å²) in [6.45, 7) is 0.732. The Labute approximate surface area is 133 Å². The summed E-state index contributed by atoms with van der Waals surface area (Å²) in [7, 11) is 0. The normalized spacial score (nSPS) is 11.1. The van der Waals surface area contributed by atoms with E-state index >= 15 is 0 Å². The predicted octanol–water partition coefficient (Wildman–Crippen LogP) is 4.03. The van der Waals surface area contributed by atoms with Crippen molar-refractivity contribution in [3.63, 3.8) is 0 Å². The van der Waals surface area contributed by atoms with Crippen LogP contribution in [0.25, 0.3) is 11.0 Å². The second-order valence-corrected chi connectivity index (χ2v) is 6.48. The van der Waals surface area contributed by atoms with Crippen LogP contribution in [0.15, 0.2) is 46.9 Å². The zero-order valence-electron chi connectivity index (χ0n) is 9.98. The number of hydrogen-bond donors (Lipinski definition) is 1. The summed E-state index contributed by atoms with van der Waals surface area (Å²) in [5.74, 6) is 0.555. The lowest BCUT2D eigenvalue weighted by Crippen LogP contribution is -2.04. The summed E-state index contributed by atoms with van der Waals surface area (Å²) in [5, 5.41) is 0. The van der Waals surface area contributed by atoms with Gasteiger partial charge in [0.15, 0.2) is 0 Å². The smallest absolute Gasteiger partial charge is 0.201 e. The van der Waals surface area contributed by atoms with Gasteiger partial charge in [0.1, 0.15) is 0 Å². The van der Waals surface area contributed by atoms with Crippen molar-refractivity contribution >= 4 is 55.5 Å². The molecule has 1 heterocycles. The van der Waals surface area contributed by atoms with Gasteiger partial charge in [-0.05, 0) is 58.5 Å². The van der Waals surface area contributed by atoms with Crippen molar-refractivity contribution in [2.45, 2.75) is 6.54 Å². The first kappa shape index (κ1) is 12.9. The molecule has 0 radical (unpaired) electrons. The zero-order valence-corrected chi connectivity index (χ0v) is 13.7. The summed E-state index contributed by atoms with van der Waals surface area (Å²) in [4.78, 5) is 4.41. The molecule has 0 saturated heterocycles. The van der Waals surface area contributed by atoms with Gasteiger partial charge in [0, 0.05) is 8.04 Å². The highest BCUT2D eigenvalue weighted by Gasteiger charge is 2.08. The molecule has 0 aliphatic heterocycles. The molecule has 0 amide bonds. The van der Waals surface area contributed by atoms with Crippen LogP contribution in [0, 0.1) is 3.57 Å². The molecule has 0 saturated carbocycles. The number of benzene rings is 2. The van der Waals surface area contributed by atoms with Crippen LogP contribution < -0.4 is 5.73 Å². The van der Waals surface area contributed by atoms with Crippen molar-refractivity contribution in [3.05, 3.63) is 56.1 Å². The highest BCUT2D eigenvalue weighted by molar-refractivity contribution is 14.1. The van der Waals surface area contributed by atoms with Crippen LogP contribution in [-0.4, -0.2) is 9.55 Å². The number of nitrogens with two attached hydrogens (primary N) is 1. The van der Waals surface area contributed by atoms with Gasteiger partial charge in [0.25, 0.3) is 0 Å². The highest BCUT2D eigenvalue weighted by atomic mass is 127. The molecule has 19 heavy (non-hydrogen) atoms. The zero-order chi connectivity index (χ0) is 13.4. The molecule has 2 aromatic carbocycles. The molecular weight excluding hydrogens is 417 g/mol. The van der Waals surface area contributed by atoms with Crippen LogP contribution in [-0.2, 0) is 6.54 Å². The number of imidazole rings is 1. The molecule has 0 atom stereocenters. The molecule has 2 N–H and O–H groups in total. The molecule has 3 aromatic rings. The summed E-state index contributed by atoms with van der Waals surface area (Å²) in [6.07, 6.45) is 0. The number of fused-ring (bicyclic) bond motifs is 1. The molecule has 0 bridgehead atoms. The van der Waals surface area contributed by atoms with Crippen molar-refractivity contribution in [3.8, 4) is 0 Å². The van der Waals surface area contributed by atoms with Crippen LogP contribution in [0.3, 0.4) is 0 Å². The first-order valence-electron chi connectivity index (χ1n) is 5.79. The fourth-order valence-corrected chi connectivity index (χ4v) is 2.80. The largest absolute Gasteiger partial charge is 0.369 e. The third-order valence-corrected chi connectivity index (χ3v) is 4.19. The lowest BCUT2D eigenvalue weighted by molar-refractivity contribution is 0.838. The molecular formula is C14H11BrIN3. The number of rotatable bonds is 2. The van der Waals surface area contributed by atoms with Crippen LogP contribution in [0.5, 0.6) is 0 Å². The van der Waals surface area contributed by atoms with Gasteiger partial charge in [-0.15, -0.1) is 0 Å². The molecule has 96 valence electrons. The van der Waals surface area contributed by atoms with Crippen LogP contribution >= 0.6 is 38.5 Å². The summed E-state index contributed by atoms with van der Waals surface area (Å²) >= 11 is 5.72. The topological polar surface area (TPSA) is 43.8 Å². The number of anilines is 1. The van der Waals surface area contributed by atoms with Crippen molar-refractivity contribution in [2.75, 3.05) is 5.73 Å². The minimum absolute atomic E-state index is 0.555. The van der Waals surface area contributed by atoms with E-state index in [4.69, 9.17) is 5.73 Å². The maximum atomic E-state index is 6.02. The molecule has 0 spiro atoms. The van der Waals surface area contributed by atoms with Crippen molar-refractivity contribution in [1.82, 2.24) is 9.55 Å².